The summed E-state index contributed by atoms with van der Waals surface area (Å²) in [5, 5.41) is 8.09. The third-order valence-electron chi connectivity index (χ3n) is 4.81. The molecule has 3 aromatic rings. The average molecular weight is 335 g/mol. The Hall–Kier alpha value is -2.40. The second kappa shape index (κ2) is 6.15. The maximum absolute atomic E-state index is 4.84. The van der Waals surface area contributed by atoms with Gasteiger partial charge in [0.25, 0.3) is 0 Å². The zero-order valence-electron chi connectivity index (χ0n) is 15.2. The molecule has 0 aliphatic carbocycles. The quantitative estimate of drug-likeness (QED) is 0.782. The molecule has 4 rings (SSSR count). The normalized spacial score (nSPS) is 15.7. The van der Waals surface area contributed by atoms with Crippen LogP contribution in [0, 0.1) is 0 Å². The van der Waals surface area contributed by atoms with Gasteiger partial charge in [0.05, 0.1) is 5.69 Å². The van der Waals surface area contributed by atoms with Crippen molar-refractivity contribution in [3.05, 3.63) is 48.2 Å². The highest BCUT2D eigenvalue weighted by atomic mass is 15.3. The maximum Gasteiger partial charge on any atom is 0.182 e. The lowest BCUT2D eigenvalue weighted by molar-refractivity contribution is 0.589. The first-order chi connectivity index (χ1) is 12.0. The first-order valence-corrected chi connectivity index (χ1v) is 8.94. The molecule has 3 heterocycles. The minimum absolute atomic E-state index is 0.153. The van der Waals surface area contributed by atoms with Crippen molar-refractivity contribution in [3.63, 3.8) is 0 Å². The van der Waals surface area contributed by atoms with E-state index in [0.29, 0.717) is 0 Å². The Labute approximate surface area is 148 Å². The topological polar surface area (TPSA) is 45.5 Å². The summed E-state index contributed by atoms with van der Waals surface area (Å²) in [6.45, 7) is 10.7. The number of benzene rings is 1. The zero-order valence-corrected chi connectivity index (χ0v) is 15.2. The van der Waals surface area contributed by atoms with Crippen LogP contribution in [0.3, 0.4) is 0 Å². The van der Waals surface area contributed by atoms with Gasteiger partial charge in [0, 0.05) is 37.9 Å². The smallest absolute Gasteiger partial charge is 0.182 e. The van der Waals surface area contributed by atoms with Gasteiger partial charge in [0.2, 0.25) is 0 Å². The first kappa shape index (κ1) is 16.1. The van der Waals surface area contributed by atoms with E-state index in [9.17, 15) is 0 Å². The number of hydrogen-bond acceptors (Lipinski definition) is 4. The van der Waals surface area contributed by atoms with E-state index in [1.54, 1.807) is 0 Å². The molecule has 5 nitrogen and oxygen atoms in total. The number of piperazine rings is 1. The van der Waals surface area contributed by atoms with Crippen LogP contribution >= 0.6 is 0 Å². The zero-order chi connectivity index (χ0) is 17.4. The van der Waals surface area contributed by atoms with Crippen LogP contribution in [0.15, 0.2) is 42.6 Å². The van der Waals surface area contributed by atoms with E-state index in [2.05, 4.69) is 61.3 Å². The van der Waals surface area contributed by atoms with Crippen LogP contribution in [-0.2, 0) is 5.41 Å². The molecule has 1 saturated heterocycles. The number of aromatic nitrogens is 3. The van der Waals surface area contributed by atoms with E-state index in [-0.39, 0.29) is 5.41 Å². The Bertz CT molecular complexity index is 867. The fourth-order valence-electron chi connectivity index (χ4n) is 3.29. The van der Waals surface area contributed by atoms with Gasteiger partial charge in [-0.3, -0.25) is 0 Å². The summed E-state index contributed by atoms with van der Waals surface area (Å²) in [6, 6.07) is 12.8. The van der Waals surface area contributed by atoms with Crippen LogP contribution in [0.25, 0.3) is 17.0 Å². The van der Waals surface area contributed by atoms with Crippen LogP contribution < -0.4 is 10.2 Å². The Morgan fingerprint density at radius 1 is 1.00 bits per heavy atom. The van der Waals surface area contributed by atoms with E-state index >= 15 is 0 Å². The molecule has 0 amide bonds. The number of pyridine rings is 1. The van der Waals surface area contributed by atoms with Crippen LogP contribution in [0.5, 0.6) is 0 Å². The van der Waals surface area contributed by atoms with Crippen molar-refractivity contribution in [3.8, 4) is 11.4 Å². The molecular weight excluding hydrogens is 310 g/mol. The number of rotatable bonds is 2. The lowest BCUT2D eigenvalue weighted by Gasteiger charge is -2.29. The Balaban J connectivity index is 1.71. The van der Waals surface area contributed by atoms with Crippen LogP contribution in [0.4, 0.5) is 5.69 Å². The Morgan fingerprint density at radius 2 is 1.72 bits per heavy atom. The van der Waals surface area contributed by atoms with Crippen molar-refractivity contribution < 1.29 is 0 Å². The van der Waals surface area contributed by atoms with Gasteiger partial charge >= 0.3 is 0 Å². The molecule has 1 aromatic carbocycles. The number of fused-ring (bicyclic) bond motifs is 1. The molecule has 0 unspecified atom stereocenters. The highest BCUT2D eigenvalue weighted by molar-refractivity contribution is 5.71. The molecule has 2 aromatic heterocycles. The highest BCUT2D eigenvalue weighted by Gasteiger charge is 2.17. The van der Waals surface area contributed by atoms with Gasteiger partial charge in [-0.15, -0.1) is 5.10 Å². The predicted molar refractivity (Wildman–Crippen MR) is 102 cm³/mol. The van der Waals surface area contributed by atoms with Gasteiger partial charge in [-0.2, -0.15) is 0 Å². The van der Waals surface area contributed by atoms with Crippen LogP contribution in [0.1, 0.15) is 26.3 Å². The van der Waals surface area contributed by atoms with Gasteiger partial charge < -0.3 is 10.2 Å². The Kier molecular flexibility index (Phi) is 3.96. The number of hydrogen-bond donors (Lipinski definition) is 1. The summed E-state index contributed by atoms with van der Waals surface area (Å²) in [7, 11) is 0. The number of nitrogens with one attached hydrogen (secondary N) is 1. The van der Waals surface area contributed by atoms with E-state index in [0.717, 1.165) is 48.9 Å². The van der Waals surface area contributed by atoms with Gasteiger partial charge in [-0.25, -0.2) is 9.50 Å². The lowest BCUT2D eigenvalue weighted by atomic mass is 9.87. The second-order valence-electron chi connectivity index (χ2n) is 7.66. The molecule has 0 atom stereocenters. The molecule has 0 radical (unpaired) electrons. The number of anilines is 1. The average Bonchev–Trinajstić information content (AvgIpc) is 3.06. The third-order valence-corrected chi connectivity index (χ3v) is 4.81. The molecular formula is C20H25N5. The maximum atomic E-state index is 4.84. The Morgan fingerprint density at radius 3 is 2.40 bits per heavy atom. The van der Waals surface area contributed by atoms with Gasteiger partial charge in [-0.1, -0.05) is 45.0 Å². The largest absolute Gasteiger partial charge is 0.366 e. The highest BCUT2D eigenvalue weighted by Crippen LogP contribution is 2.27. The fourth-order valence-corrected chi connectivity index (χ4v) is 3.29. The van der Waals surface area contributed by atoms with Crippen LogP contribution in [-0.4, -0.2) is 40.8 Å². The standard InChI is InChI=1S/C20H25N5/c1-20(2,3)16-8-6-15(7-9-16)18-22-19-17(5-4-12-25(19)23-18)24-13-10-21-11-14-24/h4-9,12,21H,10-11,13-14H2,1-3H3. The van der Waals surface area contributed by atoms with Crippen molar-refractivity contribution in [2.75, 3.05) is 31.1 Å². The molecule has 25 heavy (non-hydrogen) atoms. The summed E-state index contributed by atoms with van der Waals surface area (Å²) in [5.41, 5.74) is 4.62. The lowest BCUT2D eigenvalue weighted by Crippen LogP contribution is -2.43. The van der Waals surface area contributed by atoms with Crippen LogP contribution in [0.2, 0.25) is 0 Å². The molecule has 1 fully saturated rings. The second-order valence-corrected chi connectivity index (χ2v) is 7.66. The first-order valence-electron chi connectivity index (χ1n) is 8.94. The van der Waals surface area contributed by atoms with Crippen molar-refractivity contribution in [1.82, 2.24) is 19.9 Å². The summed E-state index contributed by atoms with van der Waals surface area (Å²) in [4.78, 5) is 7.22. The third kappa shape index (κ3) is 3.12. The van der Waals surface area contributed by atoms with E-state index in [1.165, 1.54) is 5.56 Å². The van der Waals surface area contributed by atoms with Gasteiger partial charge in [0.15, 0.2) is 11.5 Å². The van der Waals surface area contributed by atoms with Crippen molar-refractivity contribution in [1.29, 1.82) is 0 Å². The molecule has 0 saturated carbocycles. The molecule has 0 spiro atoms. The van der Waals surface area contributed by atoms with Gasteiger partial charge in [-0.05, 0) is 23.1 Å². The fraction of sp³-hybridized carbons (Fsp3) is 0.400. The van der Waals surface area contributed by atoms with Crippen molar-refractivity contribution in [2.24, 2.45) is 0 Å². The van der Waals surface area contributed by atoms with Gasteiger partial charge in [0.1, 0.15) is 0 Å². The van der Waals surface area contributed by atoms with Crippen molar-refractivity contribution >= 4 is 11.3 Å². The predicted octanol–water partition coefficient (Wildman–Crippen LogP) is 3.10. The molecule has 5 heteroatoms. The minimum atomic E-state index is 0.153. The SMILES string of the molecule is CC(C)(C)c1ccc(-c2nc3c(N4CCNCC4)cccn3n2)cc1. The number of nitrogens with zero attached hydrogens (tertiary/aromatic N) is 4. The monoisotopic (exact) mass is 335 g/mol. The summed E-state index contributed by atoms with van der Waals surface area (Å²) in [5.74, 6) is 0.781. The van der Waals surface area contributed by atoms with E-state index in [4.69, 9.17) is 10.1 Å². The minimum Gasteiger partial charge on any atom is -0.366 e. The summed E-state index contributed by atoms with van der Waals surface area (Å²) >= 11 is 0. The summed E-state index contributed by atoms with van der Waals surface area (Å²) in [6.07, 6.45) is 1.97. The molecule has 1 aliphatic heterocycles. The van der Waals surface area contributed by atoms with Crippen molar-refractivity contribution in [2.45, 2.75) is 26.2 Å². The van der Waals surface area contributed by atoms with E-state index < -0.39 is 0 Å². The molecule has 130 valence electrons. The molecule has 1 N–H and O–H groups in total. The summed E-state index contributed by atoms with van der Waals surface area (Å²) < 4.78 is 1.89. The van der Waals surface area contributed by atoms with E-state index in [1.807, 2.05) is 16.8 Å². The molecule has 1 aliphatic rings. The molecule has 0 bridgehead atoms.